The van der Waals surface area contributed by atoms with Crippen molar-refractivity contribution in [3.05, 3.63) is 41.6 Å². The quantitative estimate of drug-likeness (QED) is 0.812. The lowest BCUT2D eigenvalue weighted by Crippen LogP contribution is -2.01. The van der Waals surface area contributed by atoms with Crippen LogP contribution in [-0.4, -0.2) is 24.8 Å². The van der Waals surface area contributed by atoms with E-state index in [-0.39, 0.29) is 16.9 Å². The summed E-state index contributed by atoms with van der Waals surface area (Å²) in [5.41, 5.74) is 0.655. The van der Waals surface area contributed by atoms with Crippen molar-refractivity contribution in [2.45, 2.75) is 0 Å². The normalized spacial score (nSPS) is 10.4. The molecule has 0 spiro atoms. The van der Waals surface area contributed by atoms with Gasteiger partial charge >= 0.3 is 5.97 Å². The maximum atomic E-state index is 13.9. The van der Waals surface area contributed by atoms with Crippen molar-refractivity contribution in [1.82, 2.24) is 4.57 Å². The number of carbonyl (C=O) groups excluding carboxylic acids is 1. The molecule has 0 bridgehead atoms. The smallest absolute Gasteiger partial charge is 0.343 e. The first-order valence-corrected chi connectivity index (χ1v) is 5.76. The van der Waals surface area contributed by atoms with Gasteiger partial charge in [0.1, 0.15) is 17.2 Å². The lowest BCUT2D eigenvalue weighted by molar-refractivity contribution is 0.0597. The van der Waals surface area contributed by atoms with Crippen LogP contribution in [0.25, 0.3) is 11.3 Å². The first-order valence-electron chi connectivity index (χ1n) is 5.76. The Morgan fingerprint density at radius 3 is 2.50 bits per heavy atom. The minimum Gasteiger partial charge on any atom is -0.494 e. The lowest BCUT2D eigenvalue weighted by Gasteiger charge is -2.08. The highest BCUT2D eigenvalue weighted by atomic mass is 19.1. The van der Waals surface area contributed by atoms with Crippen LogP contribution in [0.1, 0.15) is 10.4 Å². The second-order valence-electron chi connectivity index (χ2n) is 4.15. The number of ether oxygens (including phenoxy) is 2. The number of esters is 1. The van der Waals surface area contributed by atoms with Crippen LogP contribution in [0.3, 0.4) is 0 Å². The largest absolute Gasteiger partial charge is 0.494 e. The highest BCUT2D eigenvalue weighted by Crippen LogP contribution is 2.36. The number of nitrogens with zero attached hydrogens (tertiary/aromatic N) is 1. The van der Waals surface area contributed by atoms with E-state index >= 15 is 0 Å². The van der Waals surface area contributed by atoms with Gasteiger partial charge < -0.3 is 14.0 Å². The minimum absolute atomic E-state index is 0.140. The van der Waals surface area contributed by atoms with Crippen molar-refractivity contribution >= 4 is 5.97 Å². The molecule has 20 heavy (non-hydrogen) atoms. The third-order valence-electron chi connectivity index (χ3n) is 2.93. The highest BCUT2D eigenvalue weighted by Gasteiger charge is 2.24. The molecule has 2 aromatic rings. The van der Waals surface area contributed by atoms with Crippen molar-refractivity contribution < 1.29 is 23.0 Å². The molecule has 0 saturated carbocycles. The number of benzene rings is 1. The van der Waals surface area contributed by atoms with Crippen molar-refractivity contribution in [2.24, 2.45) is 7.05 Å². The van der Waals surface area contributed by atoms with Crippen molar-refractivity contribution in [3.63, 3.8) is 0 Å². The number of methoxy groups -OCH3 is 2. The molecule has 0 unspecified atom stereocenters. The van der Waals surface area contributed by atoms with Crippen molar-refractivity contribution in [3.8, 4) is 17.0 Å². The first kappa shape index (κ1) is 14.0. The molecule has 0 aliphatic carbocycles. The summed E-state index contributed by atoms with van der Waals surface area (Å²) in [6.07, 6.45) is 1.47. The summed E-state index contributed by atoms with van der Waals surface area (Å²) < 4.78 is 38.2. The van der Waals surface area contributed by atoms with Gasteiger partial charge in [0.15, 0.2) is 5.75 Å². The van der Waals surface area contributed by atoms with Gasteiger partial charge in [0, 0.05) is 24.9 Å². The Labute approximate surface area is 114 Å². The molecule has 4 nitrogen and oxygen atoms in total. The number of halogens is 2. The molecular weight excluding hydrogens is 268 g/mol. The third-order valence-corrected chi connectivity index (χ3v) is 2.93. The summed E-state index contributed by atoms with van der Waals surface area (Å²) in [4.78, 5) is 11.7. The molecule has 0 aliphatic heterocycles. The molecule has 6 heteroatoms. The number of hydrogen-bond acceptors (Lipinski definition) is 3. The molecule has 0 N–H and O–H groups in total. The fourth-order valence-corrected chi connectivity index (χ4v) is 2.06. The Morgan fingerprint density at radius 2 is 1.95 bits per heavy atom. The van der Waals surface area contributed by atoms with Crippen LogP contribution in [0.2, 0.25) is 0 Å². The number of carbonyl (C=O) groups is 1. The minimum atomic E-state index is -0.735. The molecule has 1 aromatic heterocycles. The van der Waals surface area contributed by atoms with Crippen LogP contribution in [0.15, 0.2) is 24.4 Å². The van der Waals surface area contributed by atoms with Crippen LogP contribution in [0, 0.1) is 11.6 Å². The van der Waals surface area contributed by atoms with E-state index < -0.39 is 17.6 Å². The van der Waals surface area contributed by atoms with E-state index in [4.69, 9.17) is 4.74 Å². The van der Waals surface area contributed by atoms with Crippen LogP contribution < -0.4 is 4.74 Å². The number of rotatable bonds is 3. The van der Waals surface area contributed by atoms with Gasteiger partial charge in [-0.3, -0.25) is 0 Å². The number of hydrogen-bond donors (Lipinski definition) is 0. The zero-order valence-corrected chi connectivity index (χ0v) is 11.2. The number of aromatic nitrogens is 1. The Bertz CT molecular complexity index is 665. The zero-order chi connectivity index (χ0) is 14.9. The summed E-state index contributed by atoms with van der Waals surface area (Å²) >= 11 is 0. The van der Waals surface area contributed by atoms with Crippen molar-refractivity contribution in [1.29, 1.82) is 0 Å². The molecule has 0 saturated heterocycles. The molecule has 106 valence electrons. The Balaban J connectivity index is 2.67. The average Bonchev–Trinajstić information content (AvgIpc) is 2.75. The molecule has 0 fully saturated rings. The van der Waals surface area contributed by atoms with E-state index in [1.165, 1.54) is 31.0 Å². The van der Waals surface area contributed by atoms with E-state index in [1.807, 2.05) is 0 Å². The van der Waals surface area contributed by atoms with Gasteiger partial charge in [-0.2, -0.15) is 0 Å². The molecule has 0 radical (unpaired) electrons. The summed E-state index contributed by atoms with van der Waals surface area (Å²) in [5.74, 6) is -1.82. The van der Waals surface area contributed by atoms with E-state index in [0.29, 0.717) is 5.69 Å². The standard InChI is InChI=1S/C14H13F2NO3/c1-17-7-10(14(18)20-3)13(19-2)12(17)9-5-4-8(15)6-11(9)16/h4-7H,1-3H3. The first-order chi connectivity index (χ1) is 9.49. The van der Waals surface area contributed by atoms with Crippen LogP contribution in [0.5, 0.6) is 5.75 Å². The van der Waals surface area contributed by atoms with Gasteiger partial charge in [-0.15, -0.1) is 0 Å². The highest BCUT2D eigenvalue weighted by molar-refractivity contribution is 5.95. The van der Waals surface area contributed by atoms with Crippen LogP contribution in [0.4, 0.5) is 8.78 Å². The molecule has 0 amide bonds. The molecule has 0 atom stereocenters. The summed E-state index contributed by atoms with van der Waals surface area (Å²) in [6.45, 7) is 0. The summed E-state index contributed by atoms with van der Waals surface area (Å²) in [7, 11) is 4.24. The zero-order valence-electron chi connectivity index (χ0n) is 11.2. The fourth-order valence-electron chi connectivity index (χ4n) is 2.06. The summed E-state index contributed by atoms with van der Waals surface area (Å²) in [5, 5.41) is 0. The topological polar surface area (TPSA) is 40.5 Å². The van der Waals surface area contributed by atoms with Gasteiger partial charge in [0.2, 0.25) is 0 Å². The Hall–Kier alpha value is -2.37. The van der Waals surface area contributed by atoms with Gasteiger partial charge in [-0.1, -0.05) is 0 Å². The monoisotopic (exact) mass is 281 g/mol. The maximum absolute atomic E-state index is 13.9. The average molecular weight is 281 g/mol. The van der Waals surface area contributed by atoms with E-state index in [2.05, 4.69) is 4.74 Å². The van der Waals surface area contributed by atoms with Gasteiger partial charge in [-0.25, -0.2) is 13.6 Å². The molecule has 1 heterocycles. The van der Waals surface area contributed by atoms with Gasteiger partial charge in [0.25, 0.3) is 0 Å². The molecule has 0 aliphatic rings. The SMILES string of the molecule is COC(=O)c1cn(C)c(-c2ccc(F)cc2F)c1OC. The Morgan fingerprint density at radius 1 is 1.25 bits per heavy atom. The van der Waals surface area contributed by atoms with Crippen LogP contribution >= 0.6 is 0 Å². The predicted octanol–water partition coefficient (Wildman–Crippen LogP) is 2.77. The molecule has 2 rings (SSSR count). The maximum Gasteiger partial charge on any atom is 0.343 e. The third kappa shape index (κ3) is 2.24. The predicted molar refractivity (Wildman–Crippen MR) is 68.7 cm³/mol. The van der Waals surface area contributed by atoms with E-state index in [1.54, 1.807) is 7.05 Å². The Kier molecular flexibility index (Phi) is 3.74. The molecule has 1 aromatic carbocycles. The second kappa shape index (κ2) is 5.32. The van der Waals surface area contributed by atoms with Crippen LogP contribution in [-0.2, 0) is 11.8 Å². The summed E-state index contributed by atoms with van der Waals surface area (Å²) in [6, 6.07) is 3.21. The fraction of sp³-hybridized carbons (Fsp3) is 0.214. The lowest BCUT2D eigenvalue weighted by atomic mass is 10.1. The van der Waals surface area contributed by atoms with Crippen molar-refractivity contribution in [2.75, 3.05) is 14.2 Å². The van der Waals surface area contributed by atoms with E-state index in [9.17, 15) is 13.6 Å². The molecular formula is C14H13F2NO3. The second-order valence-corrected chi connectivity index (χ2v) is 4.15. The van der Waals surface area contributed by atoms with E-state index in [0.717, 1.165) is 12.1 Å². The van der Waals surface area contributed by atoms with Gasteiger partial charge in [-0.05, 0) is 12.1 Å². The van der Waals surface area contributed by atoms with Gasteiger partial charge in [0.05, 0.1) is 19.9 Å². The number of aryl methyl sites for hydroxylation is 1.